The average Bonchev–Trinajstić information content (AvgIpc) is 3.34. The lowest BCUT2D eigenvalue weighted by molar-refractivity contribution is -0.163. The summed E-state index contributed by atoms with van der Waals surface area (Å²) in [6, 6.07) is 0. The van der Waals surface area contributed by atoms with Crippen LogP contribution in [0, 0.1) is 0 Å². The minimum Gasteiger partial charge on any atom is -0.462 e. The summed E-state index contributed by atoms with van der Waals surface area (Å²) in [5, 5.41) is 0. The van der Waals surface area contributed by atoms with Crippen molar-refractivity contribution in [3.05, 3.63) is 109 Å². The van der Waals surface area contributed by atoms with Crippen LogP contribution in [0.4, 0.5) is 0 Å². The Hall–Kier alpha value is -3.44. The first-order valence-corrected chi connectivity index (χ1v) is 28.4. The second-order valence-electron chi connectivity index (χ2n) is 18.4. The first-order valence-electron chi connectivity index (χ1n) is 28.4. The van der Waals surface area contributed by atoms with Crippen molar-refractivity contribution in [1.29, 1.82) is 0 Å². The van der Waals surface area contributed by atoms with Gasteiger partial charge in [0.25, 0.3) is 0 Å². The predicted octanol–water partition coefficient (Wildman–Crippen LogP) is 19.6. The van der Waals surface area contributed by atoms with E-state index >= 15 is 0 Å². The van der Waals surface area contributed by atoms with Gasteiger partial charge in [0.1, 0.15) is 6.61 Å². The monoisotopic (exact) mass is 943 g/mol. The Bertz CT molecular complexity index is 1340. The highest BCUT2D eigenvalue weighted by Crippen LogP contribution is 2.15. The molecule has 388 valence electrons. The molecule has 0 saturated carbocycles. The van der Waals surface area contributed by atoms with Crippen molar-refractivity contribution in [2.45, 2.75) is 258 Å². The number of allylic oxidation sites excluding steroid dienone is 18. The van der Waals surface area contributed by atoms with Crippen LogP contribution in [0.2, 0.25) is 0 Å². The van der Waals surface area contributed by atoms with E-state index in [2.05, 4.69) is 130 Å². The molecular weight excluding hydrogens is 837 g/mol. The molecule has 68 heavy (non-hydrogen) atoms. The number of ether oxygens (including phenoxy) is 3. The predicted molar refractivity (Wildman–Crippen MR) is 297 cm³/mol. The van der Waals surface area contributed by atoms with Crippen LogP contribution in [0.1, 0.15) is 252 Å². The van der Waals surface area contributed by atoms with Gasteiger partial charge in [-0.05, 0) is 103 Å². The van der Waals surface area contributed by atoms with Gasteiger partial charge in [0.05, 0.1) is 6.61 Å². The van der Waals surface area contributed by atoms with Gasteiger partial charge in [-0.3, -0.25) is 9.59 Å². The summed E-state index contributed by atoms with van der Waals surface area (Å²) in [5.41, 5.74) is 0. The maximum absolute atomic E-state index is 12.9. The van der Waals surface area contributed by atoms with Gasteiger partial charge in [-0.1, -0.05) is 246 Å². The molecule has 0 amide bonds. The maximum atomic E-state index is 12.9. The fourth-order valence-corrected chi connectivity index (χ4v) is 7.65. The van der Waals surface area contributed by atoms with Crippen molar-refractivity contribution in [2.24, 2.45) is 0 Å². The summed E-state index contributed by atoms with van der Waals surface area (Å²) in [7, 11) is 0. The Labute approximate surface area is 421 Å². The van der Waals surface area contributed by atoms with Gasteiger partial charge in [-0.2, -0.15) is 0 Å². The third-order valence-electron chi connectivity index (χ3n) is 11.8. The first-order chi connectivity index (χ1) is 33.6. The van der Waals surface area contributed by atoms with Crippen molar-refractivity contribution < 1.29 is 23.8 Å². The lowest BCUT2D eigenvalue weighted by Crippen LogP contribution is -2.30. The Kier molecular flexibility index (Phi) is 54.9. The highest BCUT2D eigenvalue weighted by molar-refractivity contribution is 5.70. The maximum Gasteiger partial charge on any atom is 0.306 e. The first kappa shape index (κ1) is 64.6. The van der Waals surface area contributed by atoms with E-state index in [0.29, 0.717) is 19.4 Å². The number of carbonyl (C=O) groups excluding carboxylic acids is 2. The van der Waals surface area contributed by atoms with Crippen LogP contribution in [0.15, 0.2) is 109 Å². The molecule has 0 saturated heterocycles. The Morgan fingerprint density at radius 3 is 1.07 bits per heavy atom. The molecule has 0 aromatic rings. The lowest BCUT2D eigenvalue weighted by Gasteiger charge is -2.18. The van der Waals surface area contributed by atoms with Crippen LogP contribution in [0.3, 0.4) is 0 Å². The normalized spacial score (nSPS) is 13.0. The van der Waals surface area contributed by atoms with Crippen molar-refractivity contribution in [1.82, 2.24) is 0 Å². The van der Waals surface area contributed by atoms with Crippen molar-refractivity contribution in [3.8, 4) is 0 Å². The van der Waals surface area contributed by atoms with Gasteiger partial charge in [0.15, 0.2) is 6.10 Å². The minimum absolute atomic E-state index is 0.0582. The number of hydrogen-bond acceptors (Lipinski definition) is 5. The van der Waals surface area contributed by atoms with E-state index in [0.717, 1.165) is 122 Å². The summed E-state index contributed by atoms with van der Waals surface area (Å²) in [6.07, 6.45) is 79.6. The van der Waals surface area contributed by atoms with Crippen LogP contribution >= 0.6 is 0 Å². The highest BCUT2D eigenvalue weighted by atomic mass is 16.6. The van der Waals surface area contributed by atoms with Gasteiger partial charge in [-0.15, -0.1) is 0 Å². The van der Waals surface area contributed by atoms with Gasteiger partial charge >= 0.3 is 11.9 Å². The highest BCUT2D eigenvalue weighted by Gasteiger charge is 2.17. The van der Waals surface area contributed by atoms with E-state index in [9.17, 15) is 9.59 Å². The number of esters is 2. The molecule has 5 heteroatoms. The zero-order chi connectivity index (χ0) is 49.2. The minimum atomic E-state index is -0.563. The summed E-state index contributed by atoms with van der Waals surface area (Å²) in [6.45, 7) is 7.57. The molecule has 0 aromatic carbocycles. The quantitative estimate of drug-likeness (QED) is 0.0345. The van der Waals surface area contributed by atoms with E-state index < -0.39 is 6.10 Å². The van der Waals surface area contributed by atoms with E-state index in [1.165, 1.54) is 96.3 Å². The topological polar surface area (TPSA) is 61.8 Å². The standard InChI is InChI=1S/C63H106O5/c1-4-7-10-13-16-19-22-25-28-30-32-34-36-38-41-44-47-50-53-56-62(64)67-60-61(59-66-58-55-52-49-46-43-40-27-24-21-18-15-12-9-6-3)68-63(65)57-54-51-48-45-42-39-37-35-33-31-29-26-23-20-17-14-11-8-5-2/h7-8,10-11,16-17,19-20,25-26,28-29,32-35,38,41,61H,4-6,9,12-15,18,21-24,27,30-31,36-37,39-40,42-60H2,1-3H3/b10-7-,11-8-,19-16-,20-17-,28-25-,29-26-,34-32-,35-33-,41-38-. The van der Waals surface area contributed by atoms with Gasteiger partial charge < -0.3 is 14.2 Å². The fraction of sp³-hybridized carbons (Fsp3) is 0.683. The van der Waals surface area contributed by atoms with Crippen molar-refractivity contribution >= 4 is 11.9 Å². The van der Waals surface area contributed by atoms with Crippen molar-refractivity contribution in [3.63, 3.8) is 0 Å². The molecule has 0 aromatic heterocycles. The number of rotatable bonds is 51. The van der Waals surface area contributed by atoms with E-state index in [1.807, 2.05) is 0 Å². The molecule has 0 aliphatic rings. The zero-order valence-corrected chi connectivity index (χ0v) is 44.6. The summed E-state index contributed by atoms with van der Waals surface area (Å²) in [4.78, 5) is 25.5. The molecular formula is C63H106O5. The van der Waals surface area contributed by atoms with E-state index in [4.69, 9.17) is 14.2 Å². The van der Waals surface area contributed by atoms with Crippen LogP contribution < -0.4 is 0 Å². The summed E-state index contributed by atoms with van der Waals surface area (Å²) in [5.74, 6) is -0.449. The molecule has 5 nitrogen and oxygen atoms in total. The average molecular weight is 944 g/mol. The third-order valence-corrected chi connectivity index (χ3v) is 11.8. The number of carbonyl (C=O) groups is 2. The largest absolute Gasteiger partial charge is 0.462 e. The van der Waals surface area contributed by atoms with Gasteiger partial charge in [0, 0.05) is 19.4 Å². The zero-order valence-electron chi connectivity index (χ0n) is 44.6. The Morgan fingerprint density at radius 1 is 0.338 bits per heavy atom. The smallest absolute Gasteiger partial charge is 0.306 e. The third kappa shape index (κ3) is 55.2. The molecule has 0 rings (SSSR count). The van der Waals surface area contributed by atoms with Crippen molar-refractivity contribution in [2.75, 3.05) is 19.8 Å². The molecule has 0 bridgehead atoms. The fourth-order valence-electron chi connectivity index (χ4n) is 7.65. The SMILES string of the molecule is CC/C=C\C/C=C\C/C=C\C/C=C\C/C=C\CCCCCC(=O)OCC(COCCCCCCCCCCCCCCCC)OC(=O)CCCCCCCC/C=C\C/C=C\C/C=C\C/C=C\CC. The van der Waals surface area contributed by atoms with E-state index in [1.54, 1.807) is 0 Å². The van der Waals surface area contributed by atoms with Crippen LogP contribution in [0.5, 0.6) is 0 Å². The molecule has 0 aliphatic carbocycles. The second kappa shape index (κ2) is 57.9. The second-order valence-corrected chi connectivity index (χ2v) is 18.4. The molecule has 0 heterocycles. The van der Waals surface area contributed by atoms with Gasteiger partial charge in [-0.25, -0.2) is 0 Å². The van der Waals surface area contributed by atoms with Crippen LogP contribution in [-0.2, 0) is 23.8 Å². The summed E-state index contributed by atoms with van der Waals surface area (Å²) >= 11 is 0. The van der Waals surface area contributed by atoms with Crippen LogP contribution in [0.25, 0.3) is 0 Å². The summed E-state index contributed by atoms with van der Waals surface area (Å²) < 4.78 is 17.4. The molecule has 0 N–H and O–H groups in total. The molecule has 0 radical (unpaired) electrons. The molecule has 1 atom stereocenters. The molecule has 1 unspecified atom stereocenters. The van der Waals surface area contributed by atoms with Gasteiger partial charge in [0.2, 0.25) is 0 Å². The number of hydrogen-bond donors (Lipinski definition) is 0. The lowest BCUT2D eigenvalue weighted by atomic mass is 10.0. The molecule has 0 aliphatic heterocycles. The molecule has 0 spiro atoms. The Morgan fingerprint density at radius 2 is 0.662 bits per heavy atom. The Balaban J connectivity index is 4.37. The van der Waals surface area contributed by atoms with E-state index in [-0.39, 0.29) is 25.2 Å². The number of unbranched alkanes of at least 4 members (excludes halogenated alkanes) is 22. The van der Waals surface area contributed by atoms with Crippen LogP contribution in [-0.4, -0.2) is 37.9 Å². The molecule has 0 fully saturated rings.